The van der Waals surface area contributed by atoms with E-state index in [9.17, 15) is 4.79 Å². The lowest BCUT2D eigenvalue weighted by Crippen LogP contribution is -2.21. The van der Waals surface area contributed by atoms with Gasteiger partial charge in [-0.3, -0.25) is 4.79 Å². The van der Waals surface area contributed by atoms with Crippen molar-refractivity contribution in [1.29, 1.82) is 0 Å². The Labute approximate surface area is 107 Å². The summed E-state index contributed by atoms with van der Waals surface area (Å²) in [5, 5.41) is 3.24. The lowest BCUT2D eigenvalue weighted by Gasteiger charge is -2.13. The summed E-state index contributed by atoms with van der Waals surface area (Å²) in [5.74, 6) is 0.991. The molecule has 17 heavy (non-hydrogen) atoms. The van der Waals surface area contributed by atoms with Crippen LogP contribution in [0.25, 0.3) is 0 Å². The van der Waals surface area contributed by atoms with Gasteiger partial charge < -0.3 is 16.0 Å². The number of hydrogen-bond donors (Lipinski definition) is 2. The normalized spacial score (nSPS) is 10.1. The molecule has 0 aromatic heterocycles. The van der Waals surface area contributed by atoms with Crippen LogP contribution in [0.15, 0.2) is 18.2 Å². The Kier molecular flexibility index (Phi) is 5.15. The van der Waals surface area contributed by atoms with Crippen LogP contribution < -0.4 is 11.1 Å². The van der Waals surface area contributed by atoms with E-state index in [4.69, 9.17) is 5.73 Å². The van der Waals surface area contributed by atoms with Gasteiger partial charge in [-0.25, -0.2) is 0 Å². The van der Waals surface area contributed by atoms with Gasteiger partial charge in [0, 0.05) is 32.0 Å². The van der Waals surface area contributed by atoms with Crippen molar-refractivity contribution < 1.29 is 4.79 Å². The van der Waals surface area contributed by atoms with Gasteiger partial charge in [0.05, 0.1) is 11.4 Å². The van der Waals surface area contributed by atoms with Crippen LogP contribution in [0, 0.1) is 0 Å². The highest BCUT2D eigenvalue weighted by Crippen LogP contribution is 2.20. The molecule has 1 aromatic carbocycles. The minimum atomic E-state index is -0.0348. The van der Waals surface area contributed by atoms with Gasteiger partial charge in [0.1, 0.15) is 0 Å². The number of benzene rings is 1. The van der Waals surface area contributed by atoms with Gasteiger partial charge in [-0.1, -0.05) is 0 Å². The van der Waals surface area contributed by atoms with Crippen LogP contribution in [-0.2, 0) is 0 Å². The second kappa shape index (κ2) is 6.39. The molecule has 0 bridgehead atoms. The fourth-order valence-corrected chi connectivity index (χ4v) is 1.71. The largest absolute Gasteiger partial charge is 0.397 e. The number of rotatable bonds is 5. The molecule has 1 rings (SSSR count). The number of nitrogens with one attached hydrogen (secondary N) is 1. The van der Waals surface area contributed by atoms with E-state index in [-0.39, 0.29) is 5.91 Å². The number of carbonyl (C=O) groups excluding carboxylic acids is 1. The number of amides is 1. The highest BCUT2D eigenvalue weighted by molar-refractivity contribution is 7.98. The zero-order valence-electron chi connectivity index (χ0n) is 10.5. The van der Waals surface area contributed by atoms with Gasteiger partial charge in [-0.2, -0.15) is 11.8 Å². The molecule has 1 amide bonds. The predicted octanol–water partition coefficient (Wildman–Crippen LogP) is 1.75. The maximum atomic E-state index is 11.7. The van der Waals surface area contributed by atoms with Crippen LogP contribution in [0.2, 0.25) is 0 Å². The number of hydrogen-bond acceptors (Lipinski definition) is 4. The molecule has 0 aliphatic carbocycles. The standard InChI is InChI=1S/C12H19N3OS/c1-15(2)12(16)9-4-5-11(10(13)8-9)14-6-7-17-3/h4-5,8,14H,6-7,13H2,1-3H3. The van der Waals surface area contributed by atoms with Crippen molar-refractivity contribution in [2.45, 2.75) is 0 Å². The van der Waals surface area contributed by atoms with Crippen LogP contribution in [-0.4, -0.2) is 43.5 Å². The zero-order chi connectivity index (χ0) is 12.8. The third-order valence-corrected chi connectivity index (χ3v) is 2.94. The van der Waals surface area contributed by atoms with Gasteiger partial charge in [0.15, 0.2) is 0 Å². The van der Waals surface area contributed by atoms with Crippen molar-refractivity contribution >= 4 is 29.0 Å². The predicted molar refractivity (Wildman–Crippen MR) is 75.7 cm³/mol. The van der Waals surface area contributed by atoms with Crippen LogP contribution in [0.4, 0.5) is 11.4 Å². The molecule has 0 spiro atoms. The Bertz CT molecular complexity index is 393. The maximum absolute atomic E-state index is 11.7. The smallest absolute Gasteiger partial charge is 0.253 e. The minimum Gasteiger partial charge on any atom is -0.397 e. The van der Waals surface area contributed by atoms with E-state index in [0.717, 1.165) is 18.0 Å². The molecule has 1 aromatic rings. The van der Waals surface area contributed by atoms with E-state index in [0.29, 0.717) is 11.3 Å². The molecule has 0 saturated carbocycles. The van der Waals surface area contributed by atoms with Crippen LogP contribution in [0.3, 0.4) is 0 Å². The summed E-state index contributed by atoms with van der Waals surface area (Å²) in [4.78, 5) is 13.3. The van der Waals surface area contributed by atoms with Gasteiger partial charge in [0.2, 0.25) is 0 Å². The number of thioether (sulfide) groups is 1. The molecular formula is C12H19N3OS. The van der Waals surface area contributed by atoms with Crippen LogP contribution in [0.1, 0.15) is 10.4 Å². The molecule has 0 aliphatic heterocycles. The minimum absolute atomic E-state index is 0.0348. The van der Waals surface area contributed by atoms with Crippen LogP contribution >= 0.6 is 11.8 Å². The first-order chi connectivity index (χ1) is 8.06. The molecule has 0 heterocycles. The highest BCUT2D eigenvalue weighted by atomic mass is 32.2. The monoisotopic (exact) mass is 253 g/mol. The Morgan fingerprint density at radius 2 is 2.18 bits per heavy atom. The first-order valence-electron chi connectivity index (χ1n) is 5.40. The molecule has 0 radical (unpaired) electrons. The van der Waals surface area contributed by atoms with E-state index in [1.54, 1.807) is 38.0 Å². The number of nitrogens with two attached hydrogens (primary N) is 1. The lowest BCUT2D eigenvalue weighted by molar-refractivity contribution is 0.0827. The fraction of sp³-hybridized carbons (Fsp3) is 0.417. The average molecular weight is 253 g/mol. The Morgan fingerprint density at radius 1 is 1.47 bits per heavy atom. The van der Waals surface area contributed by atoms with Gasteiger partial charge >= 0.3 is 0 Å². The van der Waals surface area contributed by atoms with Crippen molar-refractivity contribution in [1.82, 2.24) is 4.90 Å². The van der Waals surface area contributed by atoms with Gasteiger partial charge in [-0.15, -0.1) is 0 Å². The summed E-state index contributed by atoms with van der Waals surface area (Å²) in [6.07, 6.45) is 2.06. The molecule has 0 unspecified atom stereocenters. The van der Waals surface area contributed by atoms with Crippen molar-refractivity contribution in [3.05, 3.63) is 23.8 Å². The molecule has 0 aliphatic rings. The number of carbonyl (C=O) groups is 1. The SMILES string of the molecule is CSCCNc1ccc(C(=O)N(C)C)cc1N. The van der Waals surface area contributed by atoms with E-state index in [1.807, 2.05) is 6.07 Å². The van der Waals surface area contributed by atoms with E-state index in [2.05, 4.69) is 11.6 Å². The summed E-state index contributed by atoms with van der Waals surface area (Å²) < 4.78 is 0. The van der Waals surface area contributed by atoms with E-state index in [1.165, 1.54) is 4.90 Å². The molecule has 0 atom stereocenters. The zero-order valence-corrected chi connectivity index (χ0v) is 11.3. The molecule has 5 heteroatoms. The number of anilines is 2. The fourth-order valence-electron chi connectivity index (χ4n) is 1.40. The Balaban J connectivity index is 2.75. The lowest BCUT2D eigenvalue weighted by atomic mass is 10.1. The maximum Gasteiger partial charge on any atom is 0.253 e. The number of nitrogens with zero attached hydrogens (tertiary/aromatic N) is 1. The summed E-state index contributed by atoms with van der Waals surface area (Å²) in [5.41, 5.74) is 8.01. The Morgan fingerprint density at radius 3 is 2.71 bits per heavy atom. The summed E-state index contributed by atoms with van der Waals surface area (Å²) in [7, 11) is 3.45. The van der Waals surface area contributed by atoms with Gasteiger partial charge in [0.25, 0.3) is 5.91 Å². The summed E-state index contributed by atoms with van der Waals surface area (Å²) in [6, 6.07) is 5.36. The van der Waals surface area contributed by atoms with Crippen molar-refractivity contribution in [3.8, 4) is 0 Å². The molecule has 4 nitrogen and oxygen atoms in total. The van der Waals surface area contributed by atoms with E-state index >= 15 is 0 Å². The number of nitrogen functional groups attached to an aromatic ring is 1. The average Bonchev–Trinajstić information content (AvgIpc) is 2.30. The molecule has 3 N–H and O–H groups in total. The van der Waals surface area contributed by atoms with E-state index < -0.39 is 0 Å². The highest BCUT2D eigenvalue weighted by Gasteiger charge is 2.09. The van der Waals surface area contributed by atoms with Crippen molar-refractivity contribution in [2.24, 2.45) is 0 Å². The Hall–Kier alpha value is -1.36. The molecule has 94 valence electrons. The first kappa shape index (κ1) is 13.7. The molecule has 0 saturated heterocycles. The summed E-state index contributed by atoms with van der Waals surface area (Å²) in [6.45, 7) is 0.867. The van der Waals surface area contributed by atoms with Gasteiger partial charge in [-0.05, 0) is 24.5 Å². The first-order valence-corrected chi connectivity index (χ1v) is 6.79. The third-order valence-electron chi connectivity index (χ3n) is 2.33. The van der Waals surface area contributed by atoms with Crippen molar-refractivity contribution in [2.75, 3.05) is 43.7 Å². The summed E-state index contributed by atoms with van der Waals surface area (Å²) >= 11 is 1.77. The quantitative estimate of drug-likeness (QED) is 0.620. The van der Waals surface area contributed by atoms with Crippen LogP contribution in [0.5, 0.6) is 0 Å². The molecular weight excluding hydrogens is 234 g/mol. The third kappa shape index (κ3) is 3.85. The second-order valence-electron chi connectivity index (χ2n) is 3.92. The second-order valence-corrected chi connectivity index (χ2v) is 4.91. The molecule has 0 fully saturated rings. The van der Waals surface area contributed by atoms with Crippen molar-refractivity contribution in [3.63, 3.8) is 0 Å². The topological polar surface area (TPSA) is 58.4 Å².